The summed E-state index contributed by atoms with van der Waals surface area (Å²) in [6.45, 7) is 10.7. The highest BCUT2D eigenvalue weighted by molar-refractivity contribution is 4.99. The van der Waals surface area contributed by atoms with E-state index in [2.05, 4.69) is 31.7 Å². The Morgan fingerprint density at radius 3 is 2.43 bits per heavy atom. The van der Waals surface area contributed by atoms with Gasteiger partial charge in [0.2, 0.25) is 0 Å². The monoisotopic (exact) mass is 201 g/mol. The van der Waals surface area contributed by atoms with Crippen LogP contribution in [0.5, 0.6) is 0 Å². The Labute approximate surface area is 87.7 Å². The molecular weight excluding hydrogens is 178 g/mol. The Hall–Kier alpha value is -0.380. The number of hydrogen-bond donors (Lipinski definition) is 0. The van der Waals surface area contributed by atoms with Gasteiger partial charge in [-0.15, -0.1) is 0 Å². The highest BCUT2D eigenvalue weighted by atomic mass is 16.7. The van der Waals surface area contributed by atoms with Crippen LogP contribution in [0, 0.1) is 0 Å². The molecule has 0 spiro atoms. The van der Waals surface area contributed by atoms with Crippen molar-refractivity contribution in [1.29, 1.82) is 0 Å². The van der Waals surface area contributed by atoms with Crippen LogP contribution in [-0.4, -0.2) is 45.0 Å². The minimum atomic E-state index is 0.371. The molecule has 0 rings (SSSR count). The molecule has 0 fully saturated rings. The van der Waals surface area contributed by atoms with E-state index >= 15 is 0 Å². The second-order valence-electron chi connectivity index (χ2n) is 3.29. The third-order valence-corrected chi connectivity index (χ3v) is 2.12. The molecule has 0 aromatic heterocycles. The molecule has 0 bridgehead atoms. The van der Waals surface area contributed by atoms with Crippen molar-refractivity contribution in [1.82, 2.24) is 4.90 Å². The van der Waals surface area contributed by atoms with E-state index in [0.717, 1.165) is 19.6 Å². The molecule has 0 aliphatic rings. The van der Waals surface area contributed by atoms with E-state index in [1.165, 1.54) is 5.57 Å². The van der Waals surface area contributed by atoms with Gasteiger partial charge in [0, 0.05) is 13.7 Å². The molecule has 3 heteroatoms. The first-order valence-electron chi connectivity index (χ1n) is 5.19. The van der Waals surface area contributed by atoms with Gasteiger partial charge in [0.15, 0.2) is 0 Å². The zero-order valence-corrected chi connectivity index (χ0v) is 9.88. The van der Waals surface area contributed by atoms with Gasteiger partial charge < -0.3 is 14.4 Å². The third kappa shape index (κ3) is 7.06. The maximum absolute atomic E-state index is 5.24. The highest BCUT2D eigenvalue weighted by Gasteiger charge is 1.96. The van der Waals surface area contributed by atoms with Gasteiger partial charge in [-0.1, -0.05) is 25.5 Å². The molecule has 0 N–H and O–H groups in total. The van der Waals surface area contributed by atoms with Crippen LogP contribution in [0.2, 0.25) is 0 Å². The van der Waals surface area contributed by atoms with Gasteiger partial charge in [-0.2, -0.15) is 0 Å². The van der Waals surface area contributed by atoms with E-state index in [1.807, 2.05) is 0 Å². The molecule has 0 heterocycles. The minimum Gasteiger partial charge on any atom is -0.359 e. The Morgan fingerprint density at radius 2 is 1.93 bits per heavy atom. The molecule has 0 aromatic rings. The lowest BCUT2D eigenvalue weighted by Gasteiger charge is -2.15. The zero-order valence-electron chi connectivity index (χ0n) is 9.88. The van der Waals surface area contributed by atoms with Gasteiger partial charge in [-0.3, -0.25) is 0 Å². The predicted octanol–water partition coefficient (Wildman–Crippen LogP) is 1.89. The molecule has 14 heavy (non-hydrogen) atoms. The van der Waals surface area contributed by atoms with Gasteiger partial charge >= 0.3 is 0 Å². The van der Waals surface area contributed by atoms with Crippen LogP contribution in [0.3, 0.4) is 0 Å². The van der Waals surface area contributed by atoms with Crippen LogP contribution >= 0.6 is 0 Å². The van der Waals surface area contributed by atoms with Crippen molar-refractivity contribution in [3.05, 3.63) is 11.6 Å². The van der Waals surface area contributed by atoms with Crippen molar-refractivity contribution < 1.29 is 9.47 Å². The van der Waals surface area contributed by atoms with Gasteiger partial charge in [-0.25, -0.2) is 0 Å². The van der Waals surface area contributed by atoms with Crippen molar-refractivity contribution in [2.75, 3.05) is 40.1 Å². The van der Waals surface area contributed by atoms with Crippen molar-refractivity contribution in [2.24, 2.45) is 0 Å². The van der Waals surface area contributed by atoms with Crippen LogP contribution in [0.25, 0.3) is 0 Å². The van der Waals surface area contributed by atoms with Crippen molar-refractivity contribution in [3.8, 4) is 0 Å². The molecule has 0 atom stereocenters. The summed E-state index contributed by atoms with van der Waals surface area (Å²) in [5, 5.41) is 0. The number of nitrogens with zero attached hydrogens (tertiary/aromatic N) is 1. The molecule has 0 aromatic carbocycles. The summed E-state index contributed by atoms with van der Waals surface area (Å²) in [6.07, 6.45) is 2.21. The molecule has 3 nitrogen and oxygen atoms in total. The third-order valence-electron chi connectivity index (χ3n) is 2.12. The molecule has 0 saturated heterocycles. The number of rotatable bonds is 8. The summed E-state index contributed by atoms with van der Waals surface area (Å²) in [7, 11) is 1.63. The Bertz CT molecular complexity index is 153. The van der Waals surface area contributed by atoms with Crippen molar-refractivity contribution in [3.63, 3.8) is 0 Å². The summed E-state index contributed by atoms with van der Waals surface area (Å²) in [4.78, 5) is 2.36. The zero-order chi connectivity index (χ0) is 10.8. The summed E-state index contributed by atoms with van der Waals surface area (Å²) in [5.41, 5.74) is 1.26. The van der Waals surface area contributed by atoms with Crippen LogP contribution in [0.4, 0.5) is 0 Å². The lowest BCUT2D eigenvalue weighted by molar-refractivity contribution is -0.0211. The average Bonchev–Trinajstić information content (AvgIpc) is 2.20. The van der Waals surface area contributed by atoms with Crippen LogP contribution in [-0.2, 0) is 9.47 Å². The number of hydrogen-bond acceptors (Lipinski definition) is 3. The lowest BCUT2D eigenvalue weighted by Crippen LogP contribution is -2.23. The molecule has 0 amide bonds. The summed E-state index contributed by atoms with van der Waals surface area (Å²) in [6, 6.07) is 0. The molecule has 0 saturated carbocycles. The van der Waals surface area contributed by atoms with Crippen molar-refractivity contribution >= 4 is 0 Å². The van der Waals surface area contributed by atoms with Gasteiger partial charge in [0.25, 0.3) is 0 Å². The fourth-order valence-corrected chi connectivity index (χ4v) is 1.11. The quantitative estimate of drug-likeness (QED) is 0.340. The predicted molar refractivity (Wildman–Crippen MR) is 59.4 cm³/mol. The van der Waals surface area contributed by atoms with Gasteiger partial charge in [0.05, 0.1) is 6.61 Å². The van der Waals surface area contributed by atoms with Crippen LogP contribution in [0.15, 0.2) is 11.6 Å². The molecule has 0 aliphatic heterocycles. The smallest absolute Gasteiger partial charge is 0.146 e. The minimum absolute atomic E-state index is 0.371. The fourth-order valence-electron chi connectivity index (χ4n) is 1.11. The molecule has 0 aliphatic carbocycles. The maximum Gasteiger partial charge on any atom is 0.146 e. The van der Waals surface area contributed by atoms with Gasteiger partial charge in [-0.05, 0) is 20.0 Å². The SMILES string of the molecule is CCN(CC)C/C=C(\C)COCOC. The van der Waals surface area contributed by atoms with E-state index in [9.17, 15) is 0 Å². The molecule has 84 valence electrons. The Balaban J connectivity index is 3.63. The molecular formula is C11H23NO2. The van der Waals surface area contributed by atoms with E-state index in [-0.39, 0.29) is 0 Å². The second kappa shape index (κ2) is 9.19. The van der Waals surface area contributed by atoms with Crippen LogP contribution in [0.1, 0.15) is 20.8 Å². The lowest BCUT2D eigenvalue weighted by atomic mass is 10.3. The Kier molecular flexibility index (Phi) is 8.94. The first kappa shape index (κ1) is 13.6. The maximum atomic E-state index is 5.24. The van der Waals surface area contributed by atoms with E-state index in [4.69, 9.17) is 9.47 Å². The van der Waals surface area contributed by atoms with E-state index in [0.29, 0.717) is 13.4 Å². The largest absolute Gasteiger partial charge is 0.359 e. The summed E-state index contributed by atoms with van der Waals surface area (Å²) < 4.78 is 10.0. The topological polar surface area (TPSA) is 21.7 Å². The second-order valence-corrected chi connectivity index (χ2v) is 3.29. The normalized spacial score (nSPS) is 12.5. The highest BCUT2D eigenvalue weighted by Crippen LogP contribution is 1.96. The summed E-state index contributed by atoms with van der Waals surface area (Å²) in [5.74, 6) is 0. The number of ether oxygens (including phenoxy) is 2. The molecule has 0 unspecified atom stereocenters. The average molecular weight is 201 g/mol. The Morgan fingerprint density at radius 1 is 1.29 bits per heavy atom. The standard InChI is InChI=1S/C11H23NO2/c1-5-12(6-2)8-7-11(3)9-14-10-13-4/h7H,5-6,8-10H2,1-4H3/b11-7+. The number of methoxy groups -OCH3 is 1. The first-order chi connectivity index (χ1) is 6.74. The van der Waals surface area contributed by atoms with E-state index < -0.39 is 0 Å². The van der Waals surface area contributed by atoms with E-state index in [1.54, 1.807) is 7.11 Å². The first-order valence-corrected chi connectivity index (χ1v) is 5.19. The fraction of sp³-hybridized carbons (Fsp3) is 0.818. The summed E-state index contributed by atoms with van der Waals surface area (Å²) >= 11 is 0. The van der Waals surface area contributed by atoms with Gasteiger partial charge in [0.1, 0.15) is 6.79 Å². The number of likely N-dealkylation sites (N-methyl/N-ethyl adjacent to an activating group) is 1. The van der Waals surface area contributed by atoms with Crippen molar-refractivity contribution in [2.45, 2.75) is 20.8 Å². The van der Waals surface area contributed by atoms with Crippen LogP contribution < -0.4 is 0 Å². The molecule has 0 radical (unpaired) electrons.